The fraction of sp³-hybridized carbons (Fsp3) is 0.364. The maximum absolute atomic E-state index is 12.3. The van der Waals surface area contributed by atoms with Gasteiger partial charge in [0.05, 0.1) is 11.5 Å². The second-order valence-corrected chi connectivity index (χ2v) is 3.73. The Hall–Kier alpha value is -1.92. The third kappa shape index (κ3) is 3.83. The molecule has 0 N–H and O–H groups in total. The van der Waals surface area contributed by atoms with Crippen molar-refractivity contribution in [3.8, 4) is 0 Å². The average Bonchev–Trinajstić information content (AvgIpc) is 2.27. The SMILES string of the molecule is O=CC[C@H](C[N+](=O)[O-])c1ccc(C(F)(F)F)cc1. The summed E-state index contributed by atoms with van der Waals surface area (Å²) in [5.41, 5.74) is -0.469. The minimum absolute atomic E-state index is 0.0909. The first-order valence-electron chi connectivity index (χ1n) is 5.07. The van der Waals surface area contributed by atoms with Gasteiger partial charge in [-0.05, 0) is 17.7 Å². The van der Waals surface area contributed by atoms with Crippen molar-refractivity contribution in [2.75, 3.05) is 6.54 Å². The van der Waals surface area contributed by atoms with Crippen molar-refractivity contribution in [3.05, 3.63) is 45.5 Å². The normalized spacial score (nSPS) is 13.1. The van der Waals surface area contributed by atoms with E-state index in [1.54, 1.807) is 0 Å². The van der Waals surface area contributed by atoms with E-state index >= 15 is 0 Å². The lowest BCUT2D eigenvalue weighted by molar-refractivity contribution is -0.483. The number of aldehydes is 1. The number of halogens is 3. The van der Waals surface area contributed by atoms with Crippen LogP contribution < -0.4 is 0 Å². The van der Waals surface area contributed by atoms with E-state index in [2.05, 4.69) is 0 Å². The van der Waals surface area contributed by atoms with Gasteiger partial charge in [-0.25, -0.2) is 0 Å². The predicted molar refractivity (Wildman–Crippen MR) is 56.7 cm³/mol. The molecule has 18 heavy (non-hydrogen) atoms. The Morgan fingerprint density at radius 3 is 2.22 bits per heavy atom. The van der Waals surface area contributed by atoms with E-state index in [1.165, 1.54) is 12.1 Å². The zero-order valence-corrected chi connectivity index (χ0v) is 9.18. The van der Waals surface area contributed by atoms with Crippen LogP contribution >= 0.6 is 0 Å². The van der Waals surface area contributed by atoms with E-state index in [4.69, 9.17) is 0 Å². The number of hydrogen-bond donors (Lipinski definition) is 0. The van der Waals surface area contributed by atoms with Crippen LogP contribution in [0.2, 0.25) is 0 Å². The molecule has 0 amide bonds. The van der Waals surface area contributed by atoms with Gasteiger partial charge < -0.3 is 4.79 Å². The molecule has 0 heterocycles. The van der Waals surface area contributed by atoms with Crippen molar-refractivity contribution in [1.82, 2.24) is 0 Å². The Morgan fingerprint density at radius 1 is 1.28 bits per heavy atom. The van der Waals surface area contributed by atoms with Gasteiger partial charge in [-0.15, -0.1) is 0 Å². The lowest BCUT2D eigenvalue weighted by atomic mass is 9.95. The van der Waals surface area contributed by atoms with E-state index in [0.717, 1.165) is 12.1 Å². The number of nitro groups is 1. The molecule has 1 rings (SSSR count). The van der Waals surface area contributed by atoms with E-state index in [9.17, 15) is 28.1 Å². The second-order valence-electron chi connectivity index (χ2n) is 3.73. The van der Waals surface area contributed by atoms with Gasteiger partial charge in [0.2, 0.25) is 6.54 Å². The number of nitrogens with zero attached hydrogens (tertiary/aromatic N) is 1. The number of benzene rings is 1. The van der Waals surface area contributed by atoms with E-state index in [0.29, 0.717) is 11.8 Å². The summed E-state index contributed by atoms with van der Waals surface area (Å²) in [6.45, 7) is -0.482. The van der Waals surface area contributed by atoms with Crippen LogP contribution in [0.5, 0.6) is 0 Å². The number of carbonyl (C=O) groups excluding carboxylic acids is 1. The Kier molecular flexibility index (Phi) is 4.41. The van der Waals surface area contributed by atoms with Crippen LogP contribution in [0.3, 0.4) is 0 Å². The van der Waals surface area contributed by atoms with Crippen LogP contribution in [-0.4, -0.2) is 17.8 Å². The van der Waals surface area contributed by atoms with Gasteiger partial charge in [-0.3, -0.25) is 10.1 Å². The average molecular weight is 261 g/mol. The van der Waals surface area contributed by atoms with Gasteiger partial charge >= 0.3 is 6.18 Å². The summed E-state index contributed by atoms with van der Waals surface area (Å²) in [7, 11) is 0. The quantitative estimate of drug-likeness (QED) is 0.465. The zero-order valence-electron chi connectivity index (χ0n) is 9.18. The van der Waals surface area contributed by atoms with Crippen molar-refractivity contribution in [3.63, 3.8) is 0 Å². The number of rotatable bonds is 5. The third-order valence-electron chi connectivity index (χ3n) is 2.46. The van der Waals surface area contributed by atoms with Crippen LogP contribution in [0.15, 0.2) is 24.3 Å². The molecule has 0 saturated carbocycles. The molecule has 98 valence electrons. The number of hydrogen-bond acceptors (Lipinski definition) is 3. The van der Waals surface area contributed by atoms with Gasteiger partial charge in [0.25, 0.3) is 0 Å². The molecule has 7 heteroatoms. The van der Waals surface area contributed by atoms with Crippen LogP contribution in [0, 0.1) is 10.1 Å². The van der Waals surface area contributed by atoms with Crippen molar-refractivity contribution in [2.45, 2.75) is 18.5 Å². The lowest BCUT2D eigenvalue weighted by Gasteiger charge is -2.12. The highest BCUT2D eigenvalue weighted by Crippen LogP contribution is 2.30. The van der Waals surface area contributed by atoms with Gasteiger partial charge in [-0.1, -0.05) is 12.1 Å². The summed E-state index contributed by atoms with van der Waals surface area (Å²) in [5.74, 6) is -0.695. The van der Waals surface area contributed by atoms with Crippen molar-refractivity contribution < 1.29 is 22.9 Å². The Balaban J connectivity index is 2.93. The maximum Gasteiger partial charge on any atom is 0.416 e. The fourth-order valence-corrected chi connectivity index (χ4v) is 1.56. The van der Waals surface area contributed by atoms with Crippen LogP contribution in [0.4, 0.5) is 13.2 Å². The summed E-state index contributed by atoms with van der Waals surface area (Å²) in [6.07, 6.45) is -4.01. The van der Waals surface area contributed by atoms with Crippen LogP contribution in [0.25, 0.3) is 0 Å². The summed E-state index contributed by atoms with van der Waals surface area (Å²) >= 11 is 0. The number of carbonyl (C=O) groups is 1. The third-order valence-corrected chi connectivity index (χ3v) is 2.46. The molecule has 1 aromatic carbocycles. The Bertz CT molecular complexity index is 428. The summed E-state index contributed by atoms with van der Waals surface area (Å²) in [4.78, 5) is 20.2. The van der Waals surface area contributed by atoms with Crippen LogP contribution in [0.1, 0.15) is 23.5 Å². The van der Waals surface area contributed by atoms with E-state index < -0.39 is 29.1 Å². The summed E-state index contributed by atoms with van der Waals surface area (Å²) < 4.78 is 36.9. The molecular weight excluding hydrogens is 251 g/mol. The zero-order chi connectivity index (χ0) is 13.8. The van der Waals surface area contributed by atoms with E-state index in [1.807, 2.05) is 0 Å². The minimum atomic E-state index is -4.44. The lowest BCUT2D eigenvalue weighted by Crippen LogP contribution is -2.13. The molecule has 0 spiro atoms. The highest BCUT2D eigenvalue weighted by atomic mass is 19.4. The van der Waals surface area contributed by atoms with Crippen molar-refractivity contribution in [1.29, 1.82) is 0 Å². The first-order valence-corrected chi connectivity index (χ1v) is 5.07. The smallest absolute Gasteiger partial charge is 0.303 e. The molecule has 0 fully saturated rings. The molecule has 0 radical (unpaired) electrons. The van der Waals surface area contributed by atoms with Gasteiger partial charge in [0, 0.05) is 11.3 Å². The maximum atomic E-state index is 12.3. The highest BCUT2D eigenvalue weighted by molar-refractivity contribution is 5.51. The van der Waals surface area contributed by atoms with Gasteiger partial charge in [-0.2, -0.15) is 13.2 Å². The van der Waals surface area contributed by atoms with E-state index in [-0.39, 0.29) is 6.42 Å². The molecular formula is C11H10F3NO3. The minimum Gasteiger partial charge on any atom is -0.303 e. The molecule has 4 nitrogen and oxygen atoms in total. The Labute approximate surface area is 101 Å². The van der Waals surface area contributed by atoms with Gasteiger partial charge in [0.1, 0.15) is 6.29 Å². The molecule has 0 aliphatic carbocycles. The molecule has 0 bridgehead atoms. The molecule has 0 aliphatic heterocycles. The van der Waals surface area contributed by atoms with Crippen molar-refractivity contribution in [2.24, 2.45) is 0 Å². The fourth-order valence-electron chi connectivity index (χ4n) is 1.56. The monoisotopic (exact) mass is 261 g/mol. The first-order chi connectivity index (χ1) is 8.34. The van der Waals surface area contributed by atoms with Gasteiger partial charge in [0.15, 0.2) is 0 Å². The standard InChI is InChI=1S/C11H10F3NO3/c12-11(13,14)10-3-1-8(2-4-10)9(5-6-16)7-15(17)18/h1-4,6,9H,5,7H2/t9-/m1/s1. The predicted octanol–water partition coefficient (Wildman–Crippen LogP) is 2.65. The van der Waals surface area contributed by atoms with Crippen LogP contribution in [-0.2, 0) is 11.0 Å². The summed E-state index contributed by atoms with van der Waals surface area (Å²) in [6, 6.07) is 4.04. The molecule has 1 atom stereocenters. The second kappa shape index (κ2) is 5.61. The topological polar surface area (TPSA) is 60.2 Å². The first kappa shape index (κ1) is 14.1. The molecule has 0 saturated heterocycles. The largest absolute Gasteiger partial charge is 0.416 e. The number of alkyl halides is 3. The highest BCUT2D eigenvalue weighted by Gasteiger charge is 2.30. The molecule has 1 aromatic rings. The molecule has 0 unspecified atom stereocenters. The Morgan fingerprint density at radius 2 is 1.83 bits per heavy atom. The molecule has 0 aliphatic rings. The summed E-state index contributed by atoms with van der Waals surface area (Å²) in [5, 5.41) is 10.4. The molecule has 0 aromatic heterocycles. The van der Waals surface area contributed by atoms with Crippen molar-refractivity contribution >= 4 is 6.29 Å².